The summed E-state index contributed by atoms with van der Waals surface area (Å²) in [6.07, 6.45) is 1.17. The van der Waals surface area contributed by atoms with E-state index in [4.69, 9.17) is 14.5 Å². The van der Waals surface area contributed by atoms with Crippen molar-refractivity contribution in [2.75, 3.05) is 80.9 Å². The number of ether oxygens (including phenoxy) is 2. The van der Waals surface area contributed by atoms with Crippen LogP contribution in [0.2, 0.25) is 0 Å². The van der Waals surface area contributed by atoms with Crippen LogP contribution < -0.4 is 20.3 Å². The van der Waals surface area contributed by atoms with Gasteiger partial charge in [0.2, 0.25) is 10.0 Å². The summed E-state index contributed by atoms with van der Waals surface area (Å²) in [5, 5.41) is 5.58. The second kappa shape index (κ2) is 13.4. The number of hydrogen-bond donors (Lipinski definition) is 2. The lowest BCUT2D eigenvalue weighted by Crippen LogP contribution is -2.50. The van der Waals surface area contributed by atoms with Gasteiger partial charge in [0.25, 0.3) is 5.91 Å². The average molecular weight is 610 g/mol. The molecule has 43 heavy (non-hydrogen) atoms. The van der Waals surface area contributed by atoms with Crippen LogP contribution in [0.25, 0.3) is 11.4 Å². The number of piperazine rings is 1. The predicted molar refractivity (Wildman–Crippen MR) is 163 cm³/mol. The van der Waals surface area contributed by atoms with Crippen molar-refractivity contribution in [1.29, 1.82) is 0 Å². The zero-order valence-electron chi connectivity index (χ0n) is 24.2. The van der Waals surface area contributed by atoms with Crippen molar-refractivity contribution in [3.8, 4) is 17.1 Å². The van der Waals surface area contributed by atoms with E-state index in [0.29, 0.717) is 67.2 Å². The molecule has 2 aromatic carbocycles. The molecule has 0 aliphatic carbocycles. The molecule has 0 spiro atoms. The van der Waals surface area contributed by atoms with Crippen LogP contribution in [0.5, 0.6) is 5.75 Å². The molecule has 2 aliphatic rings. The third-order valence-corrected chi connectivity index (χ3v) is 8.38. The number of carbonyl (C=O) groups is 2. The van der Waals surface area contributed by atoms with E-state index in [1.54, 1.807) is 41.3 Å². The first kappa shape index (κ1) is 30.2. The molecule has 0 radical (unpaired) electrons. The summed E-state index contributed by atoms with van der Waals surface area (Å²) < 4.78 is 36.9. The summed E-state index contributed by atoms with van der Waals surface area (Å²) >= 11 is 0. The predicted octanol–water partition coefficient (Wildman–Crippen LogP) is 2.74. The number of rotatable bonds is 8. The molecule has 5 rings (SSSR count). The van der Waals surface area contributed by atoms with Gasteiger partial charge >= 0.3 is 6.03 Å². The summed E-state index contributed by atoms with van der Waals surface area (Å²) in [6.45, 7) is 5.14. The Morgan fingerprint density at radius 2 is 1.51 bits per heavy atom. The van der Waals surface area contributed by atoms with Crippen LogP contribution in [-0.4, -0.2) is 105 Å². The highest BCUT2D eigenvalue weighted by atomic mass is 32.2. The quantitative estimate of drug-likeness (QED) is 0.394. The molecule has 228 valence electrons. The van der Waals surface area contributed by atoms with Crippen molar-refractivity contribution in [1.82, 2.24) is 19.2 Å². The maximum atomic E-state index is 13.9. The summed E-state index contributed by atoms with van der Waals surface area (Å²) in [5.41, 5.74) is 2.00. The highest BCUT2D eigenvalue weighted by Gasteiger charge is 2.32. The van der Waals surface area contributed by atoms with E-state index in [1.165, 1.54) is 10.6 Å². The van der Waals surface area contributed by atoms with Gasteiger partial charge in [0.1, 0.15) is 0 Å². The molecule has 2 fully saturated rings. The third-order valence-electron chi connectivity index (χ3n) is 7.08. The molecule has 0 unspecified atom stereocenters. The van der Waals surface area contributed by atoms with Gasteiger partial charge in [-0.1, -0.05) is 18.2 Å². The summed E-state index contributed by atoms with van der Waals surface area (Å²) in [7, 11) is -3.35. The molecule has 13 nitrogen and oxygen atoms in total. The van der Waals surface area contributed by atoms with Gasteiger partial charge in [0, 0.05) is 56.2 Å². The van der Waals surface area contributed by atoms with E-state index in [9.17, 15) is 18.0 Å². The number of urea groups is 1. The molecule has 3 amide bonds. The first-order chi connectivity index (χ1) is 20.7. The number of para-hydroxylation sites is 1. The van der Waals surface area contributed by atoms with Crippen molar-refractivity contribution in [3.05, 3.63) is 60.3 Å². The fourth-order valence-corrected chi connectivity index (χ4v) is 5.70. The SMILES string of the molecule is CCOc1c(C(=O)N2CCN(S(C)(=O)=O)CC2)nc(-c2ccc(NC(=O)Nc3ccccc3)cc2)nc1N1CCOCC1. The van der Waals surface area contributed by atoms with E-state index in [0.717, 1.165) is 0 Å². The van der Waals surface area contributed by atoms with Crippen LogP contribution in [0.15, 0.2) is 54.6 Å². The second-order valence-electron chi connectivity index (χ2n) is 10.1. The van der Waals surface area contributed by atoms with Crippen LogP contribution in [0.4, 0.5) is 22.0 Å². The third kappa shape index (κ3) is 7.39. The Morgan fingerprint density at radius 3 is 2.12 bits per heavy atom. The van der Waals surface area contributed by atoms with E-state index >= 15 is 0 Å². The lowest BCUT2D eigenvalue weighted by atomic mass is 10.1. The summed E-state index contributed by atoms with van der Waals surface area (Å²) in [6, 6.07) is 15.8. The minimum Gasteiger partial charge on any atom is -0.488 e. The highest BCUT2D eigenvalue weighted by molar-refractivity contribution is 7.88. The van der Waals surface area contributed by atoms with Gasteiger partial charge < -0.3 is 29.9 Å². The molecular weight excluding hydrogens is 574 g/mol. The van der Waals surface area contributed by atoms with E-state index in [-0.39, 0.29) is 43.8 Å². The molecule has 0 saturated carbocycles. The Labute approximate surface area is 250 Å². The summed E-state index contributed by atoms with van der Waals surface area (Å²) in [4.78, 5) is 39.5. The van der Waals surface area contributed by atoms with Crippen LogP contribution in [0.1, 0.15) is 17.4 Å². The van der Waals surface area contributed by atoms with Crippen LogP contribution in [0, 0.1) is 0 Å². The van der Waals surface area contributed by atoms with Crippen molar-refractivity contribution in [3.63, 3.8) is 0 Å². The Kier molecular flexibility index (Phi) is 9.38. The number of amides is 3. The monoisotopic (exact) mass is 609 g/mol. The number of aromatic nitrogens is 2. The topological polar surface area (TPSA) is 146 Å². The van der Waals surface area contributed by atoms with Gasteiger partial charge in [-0.25, -0.2) is 23.2 Å². The zero-order valence-corrected chi connectivity index (χ0v) is 25.0. The molecule has 2 N–H and O–H groups in total. The fraction of sp³-hybridized carbons (Fsp3) is 0.379. The number of sulfonamides is 1. The van der Waals surface area contributed by atoms with Crippen molar-refractivity contribution >= 4 is 39.2 Å². The first-order valence-corrected chi connectivity index (χ1v) is 15.9. The lowest BCUT2D eigenvalue weighted by Gasteiger charge is -2.34. The smallest absolute Gasteiger partial charge is 0.323 e. The number of morpholine rings is 1. The lowest BCUT2D eigenvalue weighted by molar-refractivity contribution is 0.0687. The minimum atomic E-state index is -3.35. The number of nitrogens with zero attached hydrogens (tertiary/aromatic N) is 5. The van der Waals surface area contributed by atoms with Crippen LogP contribution in [0.3, 0.4) is 0 Å². The number of hydrogen-bond acceptors (Lipinski definition) is 9. The normalized spacial score (nSPS) is 16.0. The number of benzene rings is 2. The van der Waals surface area contributed by atoms with Crippen LogP contribution >= 0.6 is 0 Å². The maximum Gasteiger partial charge on any atom is 0.323 e. The Morgan fingerprint density at radius 1 is 0.884 bits per heavy atom. The van der Waals surface area contributed by atoms with Crippen molar-refractivity contribution in [2.24, 2.45) is 0 Å². The average Bonchev–Trinajstić information content (AvgIpc) is 3.02. The number of nitrogens with one attached hydrogen (secondary N) is 2. The Bertz CT molecular complexity index is 1540. The molecule has 0 bridgehead atoms. The minimum absolute atomic E-state index is 0.116. The van der Waals surface area contributed by atoms with E-state index in [2.05, 4.69) is 15.6 Å². The highest BCUT2D eigenvalue weighted by Crippen LogP contribution is 2.34. The van der Waals surface area contributed by atoms with Crippen LogP contribution in [-0.2, 0) is 14.8 Å². The fourth-order valence-electron chi connectivity index (χ4n) is 4.87. The van der Waals surface area contributed by atoms with E-state index in [1.807, 2.05) is 30.0 Å². The van der Waals surface area contributed by atoms with Crippen molar-refractivity contribution < 1.29 is 27.5 Å². The van der Waals surface area contributed by atoms with Crippen molar-refractivity contribution in [2.45, 2.75) is 6.92 Å². The van der Waals surface area contributed by atoms with Gasteiger partial charge in [-0.3, -0.25) is 4.79 Å². The van der Waals surface area contributed by atoms with Gasteiger partial charge in [-0.05, 0) is 43.3 Å². The van der Waals surface area contributed by atoms with E-state index < -0.39 is 10.0 Å². The van der Waals surface area contributed by atoms with Gasteiger partial charge in [0.15, 0.2) is 23.1 Å². The molecule has 14 heteroatoms. The number of carbonyl (C=O) groups excluding carboxylic acids is 2. The number of anilines is 3. The Hall–Kier alpha value is -4.27. The van der Waals surface area contributed by atoms with Gasteiger partial charge in [-0.2, -0.15) is 4.31 Å². The zero-order chi connectivity index (χ0) is 30.4. The molecule has 2 saturated heterocycles. The standard InChI is InChI=1S/C29H35N7O6S/c1-3-42-25-24(28(37)35-13-15-36(16-14-35)43(2,39)40)32-26(33-27(25)34-17-19-41-20-18-34)21-9-11-23(12-10-21)31-29(38)30-22-7-5-4-6-8-22/h4-12H,3,13-20H2,1-2H3,(H2,30,31,38). The molecule has 2 aliphatic heterocycles. The molecule has 3 aromatic rings. The second-order valence-corrected chi connectivity index (χ2v) is 12.0. The molecular formula is C29H35N7O6S. The van der Waals surface area contributed by atoms with Gasteiger partial charge in [0.05, 0.1) is 26.1 Å². The molecule has 3 heterocycles. The Balaban J connectivity index is 1.44. The van der Waals surface area contributed by atoms with Gasteiger partial charge in [-0.15, -0.1) is 0 Å². The summed E-state index contributed by atoms with van der Waals surface area (Å²) in [5.74, 6) is 0.756. The largest absolute Gasteiger partial charge is 0.488 e. The maximum absolute atomic E-state index is 13.9. The first-order valence-electron chi connectivity index (χ1n) is 14.1. The molecule has 0 atom stereocenters. The molecule has 1 aromatic heterocycles.